The molecule has 0 saturated heterocycles. The van der Waals surface area contributed by atoms with Crippen molar-refractivity contribution in [3.05, 3.63) is 17.5 Å². The summed E-state index contributed by atoms with van der Waals surface area (Å²) in [5.41, 5.74) is 0. The first-order valence-corrected chi connectivity index (χ1v) is 8.15. The number of hydrogen-bond acceptors (Lipinski definition) is 4. The summed E-state index contributed by atoms with van der Waals surface area (Å²) in [6, 6.07) is 2.68. The molecule has 0 aliphatic heterocycles. The number of hydrogen-bond donors (Lipinski definition) is 2. The molecule has 2 atom stereocenters. The average molecular weight is 289 g/mol. The standard InChI is InChI=1S/C11H15NO4S2/c13-11(14)8-4-1-2-5-9(8)12-18(15,16)10-6-3-7-17-10/h3,6-9,12H,1-2,4-5H2,(H,13,14). The molecule has 5 nitrogen and oxygen atoms in total. The van der Waals surface area contributed by atoms with Gasteiger partial charge in [-0.25, -0.2) is 13.1 Å². The van der Waals surface area contributed by atoms with E-state index in [9.17, 15) is 13.2 Å². The SMILES string of the molecule is O=C(O)C1CCCCC1NS(=O)(=O)c1cccs1. The first-order valence-electron chi connectivity index (χ1n) is 5.79. The fraction of sp³-hybridized carbons (Fsp3) is 0.545. The van der Waals surface area contributed by atoms with Gasteiger partial charge in [0.2, 0.25) is 10.0 Å². The molecule has 0 radical (unpaired) electrons. The molecule has 18 heavy (non-hydrogen) atoms. The summed E-state index contributed by atoms with van der Waals surface area (Å²) in [5.74, 6) is -1.54. The number of thiophene rings is 1. The van der Waals surface area contributed by atoms with Crippen molar-refractivity contribution in [1.29, 1.82) is 0 Å². The number of sulfonamides is 1. The molecule has 2 N–H and O–H groups in total. The molecular formula is C11H15NO4S2. The maximum atomic E-state index is 12.0. The lowest BCUT2D eigenvalue weighted by atomic mass is 9.85. The quantitative estimate of drug-likeness (QED) is 0.883. The molecule has 100 valence electrons. The van der Waals surface area contributed by atoms with Gasteiger partial charge in [-0.05, 0) is 24.3 Å². The topological polar surface area (TPSA) is 83.5 Å². The Hall–Kier alpha value is -0.920. The number of aliphatic carboxylic acids is 1. The Balaban J connectivity index is 2.14. The minimum Gasteiger partial charge on any atom is -0.481 e. The van der Waals surface area contributed by atoms with Gasteiger partial charge < -0.3 is 5.11 Å². The van der Waals surface area contributed by atoms with Crippen LogP contribution in [0, 0.1) is 5.92 Å². The third kappa shape index (κ3) is 2.90. The van der Waals surface area contributed by atoms with Crippen LogP contribution in [0.15, 0.2) is 21.7 Å². The zero-order valence-electron chi connectivity index (χ0n) is 9.70. The Bertz CT molecular complexity index is 509. The first kappa shape index (κ1) is 13.5. The molecule has 1 aromatic heterocycles. The molecule has 1 fully saturated rings. The Morgan fingerprint density at radius 1 is 1.39 bits per heavy atom. The van der Waals surface area contributed by atoms with Crippen LogP contribution in [0.5, 0.6) is 0 Å². The van der Waals surface area contributed by atoms with E-state index in [1.807, 2.05) is 0 Å². The van der Waals surface area contributed by atoms with Crippen molar-refractivity contribution in [2.24, 2.45) is 5.92 Å². The molecule has 0 bridgehead atoms. The van der Waals surface area contributed by atoms with E-state index in [2.05, 4.69) is 4.72 Å². The number of carboxylic acid groups (broad SMARTS) is 1. The van der Waals surface area contributed by atoms with Crippen LogP contribution in [-0.2, 0) is 14.8 Å². The summed E-state index contributed by atoms with van der Waals surface area (Å²) >= 11 is 1.13. The lowest BCUT2D eigenvalue weighted by Crippen LogP contribution is -2.44. The van der Waals surface area contributed by atoms with Gasteiger partial charge in [-0.15, -0.1) is 11.3 Å². The van der Waals surface area contributed by atoms with Gasteiger partial charge in [-0.1, -0.05) is 18.9 Å². The second-order valence-electron chi connectivity index (χ2n) is 4.39. The highest BCUT2D eigenvalue weighted by Crippen LogP contribution is 2.26. The van der Waals surface area contributed by atoms with Crippen LogP contribution < -0.4 is 4.72 Å². The Kier molecular flexibility index (Phi) is 4.04. The van der Waals surface area contributed by atoms with Crippen molar-refractivity contribution in [3.63, 3.8) is 0 Å². The van der Waals surface area contributed by atoms with Gasteiger partial charge in [-0.2, -0.15) is 0 Å². The van der Waals surface area contributed by atoms with Gasteiger partial charge in [0.25, 0.3) is 0 Å². The van der Waals surface area contributed by atoms with Gasteiger partial charge in [0.05, 0.1) is 5.92 Å². The maximum absolute atomic E-state index is 12.0. The maximum Gasteiger partial charge on any atom is 0.308 e. The Morgan fingerprint density at radius 2 is 2.11 bits per heavy atom. The van der Waals surface area contributed by atoms with Gasteiger partial charge in [0, 0.05) is 6.04 Å². The highest BCUT2D eigenvalue weighted by molar-refractivity contribution is 7.91. The van der Waals surface area contributed by atoms with Crippen LogP contribution >= 0.6 is 11.3 Å². The Morgan fingerprint density at radius 3 is 2.72 bits per heavy atom. The molecular weight excluding hydrogens is 274 g/mol. The molecule has 1 aliphatic carbocycles. The van der Waals surface area contributed by atoms with E-state index < -0.39 is 28.0 Å². The predicted molar refractivity (Wildman–Crippen MR) is 68.0 cm³/mol. The highest BCUT2D eigenvalue weighted by atomic mass is 32.2. The second kappa shape index (κ2) is 5.38. The largest absolute Gasteiger partial charge is 0.481 e. The number of carbonyl (C=O) groups is 1. The lowest BCUT2D eigenvalue weighted by Gasteiger charge is -2.28. The molecule has 2 unspecified atom stereocenters. The highest BCUT2D eigenvalue weighted by Gasteiger charge is 2.34. The lowest BCUT2D eigenvalue weighted by molar-refractivity contribution is -0.143. The smallest absolute Gasteiger partial charge is 0.308 e. The predicted octanol–water partition coefficient (Wildman–Crippen LogP) is 1.67. The summed E-state index contributed by atoms with van der Waals surface area (Å²) in [7, 11) is -3.58. The molecule has 7 heteroatoms. The van der Waals surface area contributed by atoms with Crippen LogP contribution in [0.3, 0.4) is 0 Å². The summed E-state index contributed by atoms with van der Waals surface area (Å²) in [6.07, 6.45) is 2.82. The summed E-state index contributed by atoms with van der Waals surface area (Å²) in [6.45, 7) is 0. The molecule has 0 aromatic carbocycles. The van der Waals surface area contributed by atoms with Crippen molar-refractivity contribution in [2.45, 2.75) is 35.9 Å². The summed E-state index contributed by atoms with van der Waals surface area (Å²) in [5, 5.41) is 10.8. The monoisotopic (exact) mass is 289 g/mol. The van der Waals surface area contributed by atoms with E-state index in [1.165, 1.54) is 6.07 Å². The fourth-order valence-electron chi connectivity index (χ4n) is 2.24. The zero-order valence-corrected chi connectivity index (χ0v) is 11.3. The van der Waals surface area contributed by atoms with E-state index in [-0.39, 0.29) is 4.21 Å². The first-order chi connectivity index (χ1) is 8.50. The van der Waals surface area contributed by atoms with Crippen molar-refractivity contribution in [1.82, 2.24) is 4.72 Å². The Labute approximate surface area is 110 Å². The van der Waals surface area contributed by atoms with E-state index in [4.69, 9.17) is 5.11 Å². The minimum atomic E-state index is -3.58. The van der Waals surface area contributed by atoms with Crippen LogP contribution in [0.2, 0.25) is 0 Å². The molecule has 1 aromatic rings. The average Bonchev–Trinajstić information content (AvgIpc) is 2.83. The third-order valence-corrected chi connectivity index (χ3v) is 6.04. The van der Waals surface area contributed by atoms with E-state index in [0.29, 0.717) is 12.8 Å². The summed E-state index contributed by atoms with van der Waals surface area (Å²) in [4.78, 5) is 11.1. The van der Waals surface area contributed by atoms with Crippen molar-refractivity contribution in [3.8, 4) is 0 Å². The van der Waals surface area contributed by atoms with Crippen LogP contribution in [0.25, 0.3) is 0 Å². The fourth-order valence-corrected chi connectivity index (χ4v) is 4.56. The molecule has 1 heterocycles. The van der Waals surface area contributed by atoms with E-state index in [1.54, 1.807) is 11.4 Å². The number of nitrogens with one attached hydrogen (secondary N) is 1. The van der Waals surface area contributed by atoms with E-state index in [0.717, 1.165) is 24.2 Å². The third-order valence-electron chi connectivity index (χ3n) is 3.15. The summed E-state index contributed by atoms with van der Waals surface area (Å²) < 4.78 is 26.8. The molecule has 0 spiro atoms. The van der Waals surface area contributed by atoms with E-state index >= 15 is 0 Å². The van der Waals surface area contributed by atoms with Crippen molar-refractivity contribution < 1.29 is 18.3 Å². The van der Waals surface area contributed by atoms with Crippen LogP contribution in [0.1, 0.15) is 25.7 Å². The van der Waals surface area contributed by atoms with Crippen molar-refractivity contribution in [2.75, 3.05) is 0 Å². The molecule has 1 saturated carbocycles. The number of carboxylic acids is 1. The van der Waals surface area contributed by atoms with Crippen molar-refractivity contribution >= 4 is 27.3 Å². The van der Waals surface area contributed by atoms with Gasteiger partial charge in [0.1, 0.15) is 4.21 Å². The van der Waals surface area contributed by atoms with Crippen LogP contribution in [0.4, 0.5) is 0 Å². The van der Waals surface area contributed by atoms with Gasteiger partial charge in [-0.3, -0.25) is 4.79 Å². The zero-order chi connectivity index (χ0) is 13.2. The minimum absolute atomic E-state index is 0.234. The normalized spacial score (nSPS) is 24.9. The van der Waals surface area contributed by atoms with Gasteiger partial charge >= 0.3 is 5.97 Å². The molecule has 0 amide bonds. The number of rotatable bonds is 4. The molecule has 1 aliphatic rings. The van der Waals surface area contributed by atoms with Crippen LogP contribution in [-0.4, -0.2) is 25.5 Å². The second-order valence-corrected chi connectivity index (χ2v) is 7.28. The van der Waals surface area contributed by atoms with Gasteiger partial charge in [0.15, 0.2) is 0 Å². The molecule has 2 rings (SSSR count).